The molecule has 190 valence electrons. The van der Waals surface area contributed by atoms with E-state index in [-0.39, 0.29) is 18.4 Å². The summed E-state index contributed by atoms with van der Waals surface area (Å²) in [7, 11) is 0. The van der Waals surface area contributed by atoms with Crippen molar-refractivity contribution in [2.45, 2.75) is 46.7 Å². The molecule has 0 aliphatic carbocycles. The van der Waals surface area contributed by atoms with Crippen LogP contribution >= 0.6 is 11.6 Å². The van der Waals surface area contributed by atoms with Gasteiger partial charge in [0.15, 0.2) is 6.61 Å². The fourth-order valence-electron chi connectivity index (χ4n) is 3.92. The second-order valence-corrected chi connectivity index (χ2v) is 9.96. The van der Waals surface area contributed by atoms with E-state index in [0.717, 1.165) is 22.3 Å². The lowest BCUT2D eigenvalue weighted by Crippen LogP contribution is -2.52. The Kier molecular flexibility index (Phi) is 9.95. The van der Waals surface area contributed by atoms with E-state index in [1.54, 1.807) is 23.1 Å². The van der Waals surface area contributed by atoms with Crippen molar-refractivity contribution in [1.29, 1.82) is 0 Å². The average molecular weight is 507 g/mol. The molecule has 3 rings (SSSR count). The summed E-state index contributed by atoms with van der Waals surface area (Å²) < 4.78 is 5.84. The van der Waals surface area contributed by atoms with E-state index in [4.69, 9.17) is 16.3 Å². The minimum absolute atomic E-state index is 0.170. The first-order chi connectivity index (χ1) is 17.2. The summed E-state index contributed by atoms with van der Waals surface area (Å²) in [6.07, 6.45) is 0.405. The number of benzene rings is 3. The normalized spacial score (nSPS) is 11.7. The largest absolute Gasteiger partial charge is 0.484 e. The standard InChI is InChI=1S/C30H35ClN2O3/c1-21(2)18-32-30(35)28(17-24-10-6-5-7-11-24)33(19-25-12-8-9-22(3)15-25)29(34)20-36-26-13-14-27(31)23(4)16-26/h5-16,21,28H,17-20H2,1-4H3,(H,32,35)/t28-/m0/s1. The van der Waals surface area contributed by atoms with Crippen LogP contribution in [0.2, 0.25) is 5.02 Å². The molecule has 3 aromatic rings. The van der Waals surface area contributed by atoms with Gasteiger partial charge in [-0.1, -0.05) is 85.6 Å². The van der Waals surface area contributed by atoms with E-state index in [9.17, 15) is 9.59 Å². The molecule has 0 aliphatic heterocycles. The van der Waals surface area contributed by atoms with Gasteiger partial charge in [0.1, 0.15) is 11.8 Å². The SMILES string of the molecule is Cc1cccc(CN(C(=O)COc2ccc(Cl)c(C)c2)[C@@H](Cc2ccccc2)C(=O)NCC(C)C)c1. The Hall–Kier alpha value is -3.31. The fraction of sp³-hybridized carbons (Fsp3) is 0.333. The number of halogens is 1. The first-order valence-electron chi connectivity index (χ1n) is 12.3. The summed E-state index contributed by atoms with van der Waals surface area (Å²) in [6, 6.07) is 22.4. The number of nitrogens with one attached hydrogen (secondary N) is 1. The van der Waals surface area contributed by atoms with Crippen LogP contribution < -0.4 is 10.1 Å². The van der Waals surface area contributed by atoms with Crippen LogP contribution in [0.4, 0.5) is 0 Å². The van der Waals surface area contributed by atoms with Crippen molar-refractivity contribution < 1.29 is 14.3 Å². The molecule has 1 N–H and O–H groups in total. The second kappa shape index (κ2) is 13.1. The zero-order valence-electron chi connectivity index (χ0n) is 21.5. The van der Waals surface area contributed by atoms with Crippen molar-refractivity contribution in [3.05, 3.63) is 100 Å². The van der Waals surface area contributed by atoms with Crippen LogP contribution in [0.1, 0.15) is 36.1 Å². The molecule has 0 saturated carbocycles. The first-order valence-corrected chi connectivity index (χ1v) is 12.7. The van der Waals surface area contributed by atoms with Gasteiger partial charge in [0, 0.05) is 24.5 Å². The second-order valence-electron chi connectivity index (χ2n) is 9.55. The molecule has 0 radical (unpaired) electrons. The lowest BCUT2D eigenvalue weighted by atomic mass is 10.0. The lowest BCUT2D eigenvalue weighted by Gasteiger charge is -2.32. The summed E-state index contributed by atoms with van der Waals surface area (Å²) in [6.45, 7) is 8.64. The maximum absolute atomic E-state index is 13.6. The van der Waals surface area contributed by atoms with Crippen LogP contribution in [0.15, 0.2) is 72.8 Å². The highest BCUT2D eigenvalue weighted by molar-refractivity contribution is 6.31. The Morgan fingerprint density at radius 3 is 2.33 bits per heavy atom. The predicted molar refractivity (Wildman–Crippen MR) is 145 cm³/mol. The van der Waals surface area contributed by atoms with Crippen LogP contribution in [-0.4, -0.2) is 35.9 Å². The van der Waals surface area contributed by atoms with E-state index in [2.05, 4.69) is 5.32 Å². The molecule has 5 nitrogen and oxygen atoms in total. The number of hydrogen-bond acceptors (Lipinski definition) is 3. The number of carbonyl (C=O) groups is 2. The number of ether oxygens (including phenoxy) is 1. The lowest BCUT2D eigenvalue weighted by molar-refractivity contribution is -0.142. The molecule has 6 heteroatoms. The van der Waals surface area contributed by atoms with E-state index in [0.29, 0.717) is 36.2 Å². The van der Waals surface area contributed by atoms with Crippen LogP contribution in [0.5, 0.6) is 5.75 Å². The molecule has 0 saturated heterocycles. The Balaban J connectivity index is 1.90. The third-order valence-corrected chi connectivity index (χ3v) is 6.31. The summed E-state index contributed by atoms with van der Waals surface area (Å²) in [5.41, 5.74) is 3.91. The van der Waals surface area contributed by atoms with Crippen molar-refractivity contribution in [1.82, 2.24) is 10.2 Å². The van der Waals surface area contributed by atoms with Gasteiger partial charge in [0.25, 0.3) is 5.91 Å². The van der Waals surface area contributed by atoms with Crippen molar-refractivity contribution in [2.24, 2.45) is 5.92 Å². The molecular weight excluding hydrogens is 472 g/mol. The number of rotatable bonds is 11. The Labute approximate surface area is 219 Å². The van der Waals surface area contributed by atoms with Gasteiger partial charge >= 0.3 is 0 Å². The van der Waals surface area contributed by atoms with E-state index >= 15 is 0 Å². The number of amides is 2. The maximum atomic E-state index is 13.6. The quantitative estimate of drug-likeness (QED) is 0.360. The molecule has 0 heterocycles. The zero-order valence-corrected chi connectivity index (χ0v) is 22.2. The summed E-state index contributed by atoms with van der Waals surface area (Å²) in [4.78, 5) is 28.7. The highest BCUT2D eigenvalue weighted by Gasteiger charge is 2.30. The molecule has 0 fully saturated rings. The van der Waals surface area contributed by atoms with E-state index in [1.807, 2.05) is 82.3 Å². The molecule has 0 aliphatic rings. The van der Waals surface area contributed by atoms with E-state index in [1.165, 1.54) is 0 Å². The molecule has 1 atom stereocenters. The molecule has 0 aromatic heterocycles. The van der Waals surface area contributed by atoms with Crippen LogP contribution in [0.25, 0.3) is 0 Å². The molecule has 0 spiro atoms. The molecule has 36 heavy (non-hydrogen) atoms. The molecule has 2 amide bonds. The van der Waals surface area contributed by atoms with Crippen LogP contribution in [0, 0.1) is 19.8 Å². The van der Waals surface area contributed by atoms with Gasteiger partial charge in [-0.05, 0) is 54.7 Å². The number of aryl methyl sites for hydroxylation is 2. The van der Waals surface area contributed by atoms with Gasteiger partial charge in [-0.25, -0.2) is 0 Å². The highest BCUT2D eigenvalue weighted by Crippen LogP contribution is 2.22. The van der Waals surface area contributed by atoms with Crippen LogP contribution in [0.3, 0.4) is 0 Å². The fourth-order valence-corrected chi connectivity index (χ4v) is 4.04. The average Bonchev–Trinajstić information content (AvgIpc) is 2.86. The zero-order chi connectivity index (χ0) is 26.1. The highest BCUT2D eigenvalue weighted by atomic mass is 35.5. The summed E-state index contributed by atoms with van der Waals surface area (Å²) >= 11 is 6.13. The van der Waals surface area contributed by atoms with Gasteiger partial charge in [-0.15, -0.1) is 0 Å². The van der Waals surface area contributed by atoms with Gasteiger partial charge in [0.2, 0.25) is 5.91 Å². The Morgan fingerprint density at radius 1 is 0.944 bits per heavy atom. The third-order valence-electron chi connectivity index (χ3n) is 5.88. The Morgan fingerprint density at radius 2 is 1.67 bits per heavy atom. The van der Waals surface area contributed by atoms with E-state index < -0.39 is 6.04 Å². The van der Waals surface area contributed by atoms with Gasteiger partial charge < -0.3 is 15.0 Å². The summed E-state index contributed by atoms with van der Waals surface area (Å²) in [5.74, 6) is 0.425. The minimum Gasteiger partial charge on any atom is -0.484 e. The molecular formula is C30H35ClN2O3. The van der Waals surface area contributed by atoms with Crippen molar-refractivity contribution in [3.8, 4) is 5.75 Å². The van der Waals surface area contributed by atoms with Crippen molar-refractivity contribution in [3.63, 3.8) is 0 Å². The number of nitrogens with zero attached hydrogens (tertiary/aromatic N) is 1. The van der Waals surface area contributed by atoms with Crippen molar-refractivity contribution >= 4 is 23.4 Å². The maximum Gasteiger partial charge on any atom is 0.261 e. The van der Waals surface area contributed by atoms with Gasteiger partial charge in [-0.3, -0.25) is 9.59 Å². The third kappa shape index (κ3) is 8.13. The topological polar surface area (TPSA) is 58.6 Å². The monoisotopic (exact) mass is 506 g/mol. The first kappa shape index (κ1) is 27.3. The molecule has 0 unspecified atom stereocenters. The smallest absolute Gasteiger partial charge is 0.261 e. The van der Waals surface area contributed by atoms with Gasteiger partial charge in [-0.2, -0.15) is 0 Å². The molecule has 3 aromatic carbocycles. The minimum atomic E-state index is -0.685. The Bertz CT molecular complexity index is 1160. The molecule has 0 bridgehead atoms. The number of hydrogen-bond donors (Lipinski definition) is 1. The number of carbonyl (C=O) groups excluding carboxylic acids is 2. The van der Waals surface area contributed by atoms with Gasteiger partial charge in [0.05, 0.1) is 0 Å². The predicted octanol–water partition coefficient (Wildman–Crippen LogP) is 5.75. The van der Waals surface area contributed by atoms with Crippen molar-refractivity contribution in [2.75, 3.05) is 13.2 Å². The summed E-state index contributed by atoms with van der Waals surface area (Å²) in [5, 5.41) is 3.67. The van der Waals surface area contributed by atoms with Crippen LogP contribution in [-0.2, 0) is 22.6 Å².